The number of nitrogens with zero attached hydrogens (tertiary/aromatic N) is 5. The van der Waals surface area contributed by atoms with Gasteiger partial charge in [-0.25, -0.2) is 13.7 Å². The molecule has 2 heterocycles. The van der Waals surface area contributed by atoms with Gasteiger partial charge in [-0.3, -0.25) is 9.59 Å². The number of methoxy groups -OCH3 is 1. The van der Waals surface area contributed by atoms with E-state index in [-0.39, 0.29) is 30.7 Å². The number of benzene rings is 3. The van der Waals surface area contributed by atoms with Crippen molar-refractivity contribution in [2.75, 3.05) is 39.6 Å². The first-order valence-electron chi connectivity index (χ1n) is 14.3. The van der Waals surface area contributed by atoms with Gasteiger partial charge >= 0.3 is 6.09 Å². The van der Waals surface area contributed by atoms with Gasteiger partial charge in [0.05, 0.1) is 12.8 Å². The van der Waals surface area contributed by atoms with Gasteiger partial charge in [-0.05, 0) is 65.7 Å². The summed E-state index contributed by atoms with van der Waals surface area (Å²) in [6.07, 6.45) is 0.764. The summed E-state index contributed by atoms with van der Waals surface area (Å²) < 4.78 is 20.3. The smallest absolute Gasteiger partial charge is 0.407 e. The van der Waals surface area contributed by atoms with Crippen LogP contribution >= 0.6 is 0 Å². The van der Waals surface area contributed by atoms with Gasteiger partial charge < -0.3 is 30.3 Å². The van der Waals surface area contributed by atoms with Crippen LogP contribution in [-0.4, -0.2) is 81.7 Å². The number of hydrogen-bond acceptors (Lipinski definition) is 7. The van der Waals surface area contributed by atoms with Crippen LogP contribution in [0.3, 0.4) is 0 Å². The zero-order valence-electron chi connectivity index (χ0n) is 25.4. The van der Waals surface area contributed by atoms with Crippen LogP contribution in [0.2, 0.25) is 0 Å². The lowest BCUT2D eigenvalue weighted by Gasteiger charge is -2.21. The molecule has 0 saturated carbocycles. The van der Waals surface area contributed by atoms with E-state index >= 15 is 0 Å². The van der Waals surface area contributed by atoms with E-state index in [0.29, 0.717) is 40.7 Å². The molecular weight excluding hydrogens is 593 g/mol. The Morgan fingerprint density at radius 3 is 2.26 bits per heavy atom. The number of nitrogens with one attached hydrogen (secondary N) is 2. The third-order valence-corrected chi connectivity index (χ3v) is 7.32. The lowest BCUT2D eigenvalue weighted by atomic mass is 10.1. The highest BCUT2D eigenvalue weighted by Gasteiger charge is 2.17. The van der Waals surface area contributed by atoms with E-state index < -0.39 is 6.09 Å². The molecule has 3 aromatic carbocycles. The number of carboxylic acid groups (broad SMARTS) is 1. The van der Waals surface area contributed by atoms with Gasteiger partial charge in [-0.2, -0.15) is 4.98 Å². The van der Waals surface area contributed by atoms with Crippen molar-refractivity contribution in [1.82, 2.24) is 29.7 Å². The third kappa shape index (κ3) is 7.38. The molecule has 3 N–H and O–H groups in total. The Bertz CT molecular complexity index is 1880. The Hall–Kier alpha value is -5.98. The number of rotatable bonds is 11. The normalized spacial score (nSPS) is 10.8. The second kappa shape index (κ2) is 13.8. The van der Waals surface area contributed by atoms with Crippen LogP contribution in [-0.2, 0) is 6.54 Å². The van der Waals surface area contributed by atoms with E-state index in [2.05, 4.69) is 20.7 Å². The molecule has 0 atom stereocenters. The SMILES string of the molecule is COc1cc(C(=O)N(C)CCN(C)C(=O)O)ccc1Nc1nc2ccc(-c3ccc(C(=O)NCc4ccc(F)cc4)cc3)cn2n1. The maximum Gasteiger partial charge on any atom is 0.407 e. The number of carbonyl (C=O) groups is 3. The Morgan fingerprint density at radius 1 is 0.891 bits per heavy atom. The van der Waals surface area contributed by atoms with Crippen LogP contribution in [0.4, 0.5) is 20.8 Å². The molecule has 0 spiro atoms. The lowest BCUT2D eigenvalue weighted by Crippen LogP contribution is -2.36. The minimum atomic E-state index is -1.06. The summed E-state index contributed by atoms with van der Waals surface area (Å²) in [5.41, 5.74) is 4.57. The van der Waals surface area contributed by atoms with E-state index in [0.717, 1.165) is 21.6 Å². The second-order valence-electron chi connectivity index (χ2n) is 10.5. The molecule has 2 aromatic heterocycles. The first-order valence-corrected chi connectivity index (χ1v) is 14.3. The van der Waals surface area contributed by atoms with Gasteiger partial charge in [0.25, 0.3) is 11.8 Å². The fourth-order valence-electron chi connectivity index (χ4n) is 4.57. The third-order valence-electron chi connectivity index (χ3n) is 7.32. The summed E-state index contributed by atoms with van der Waals surface area (Å²) in [7, 11) is 4.54. The Balaban J connectivity index is 1.24. The van der Waals surface area contributed by atoms with E-state index in [9.17, 15) is 18.8 Å². The molecule has 5 aromatic rings. The molecule has 0 unspecified atom stereocenters. The summed E-state index contributed by atoms with van der Waals surface area (Å²) in [6.45, 7) is 0.702. The number of amides is 3. The number of carbonyl (C=O) groups excluding carboxylic acids is 2. The molecule has 3 amide bonds. The van der Waals surface area contributed by atoms with Crippen molar-refractivity contribution in [2.24, 2.45) is 0 Å². The van der Waals surface area contributed by atoms with Gasteiger partial charge in [0.1, 0.15) is 11.6 Å². The maximum absolute atomic E-state index is 13.1. The highest BCUT2D eigenvalue weighted by Crippen LogP contribution is 2.29. The summed E-state index contributed by atoms with van der Waals surface area (Å²) in [6, 6.07) is 21.8. The molecule has 0 radical (unpaired) electrons. The lowest BCUT2D eigenvalue weighted by molar-refractivity contribution is 0.0777. The van der Waals surface area contributed by atoms with E-state index in [1.54, 1.807) is 54.0 Å². The number of anilines is 2. The number of aromatic nitrogens is 3. The molecule has 12 nitrogen and oxygen atoms in total. The van der Waals surface area contributed by atoms with Gasteiger partial charge in [0, 0.05) is 56.6 Å². The fraction of sp³-hybridized carbons (Fsp3) is 0.182. The molecular formula is C33H32FN7O5. The predicted molar refractivity (Wildman–Crippen MR) is 170 cm³/mol. The maximum atomic E-state index is 13.1. The average Bonchev–Trinajstić information content (AvgIpc) is 3.48. The van der Waals surface area contributed by atoms with Crippen LogP contribution in [0.25, 0.3) is 16.8 Å². The van der Waals surface area contributed by atoms with Crippen molar-refractivity contribution in [3.8, 4) is 16.9 Å². The van der Waals surface area contributed by atoms with E-state index in [4.69, 9.17) is 9.84 Å². The number of pyridine rings is 1. The molecule has 0 aliphatic rings. The van der Waals surface area contributed by atoms with Crippen LogP contribution in [0.5, 0.6) is 5.75 Å². The van der Waals surface area contributed by atoms with Crippen LogP contribution in [0.1, 0.15) is 26.3 Å². The molecule has 236 valence electrons. The minimum absolute atomic E-state index is 0.179. The fourth-order valence-corrected chi connectivity index (χ4v) is 4.57. The van der Waals surface area contributed by atoms with Crippen molar-refractivity contribution in [1.29, 1.82) is 0 Å². The Morgan fingerprint density at radius 2 is 1.57 bits per heavy atom. The quantitative estimate of drug-likeness (QED) is 0.188. The molecule has 13 heteroatoms. The summed E-state index contributed by atoms with van der Waals surface area (Å²) >= 11 is 0. The van der Waals surface area contributed by atoms with E-state index in [1.165, 1.54) is 31.2 Å². The molecule has 0 fully saturated rings. The van der Waals surface area contributed by atoms with Crippen LogP contribution in [0.15, 0.2) is 85.1 Å². The van der Waals surface area contributed by atoms with Crippen molar-refractivity contribution >= 4 is 35.2 Å². The molecule has 0 aliphatic heterocycles. The van der Waals surface area contributed by atoms with Crippen LogP contribution in [0, 0.1) is 5.82 Å². The second-order valence-corrected chi connectivity index (χ2v) is 10.5. The zero-order valence-corrected chi connectivity index (χ0v) is 25.4. The molecule has 5 rings (SSSR count). The number of likely N-dealkylation sites (N-methyl/N-ethyl adjacent to an activating group) is 2. The predicted octanol–water partition coefficient (Wildman–Crippen LogP) is 4.90. The van der Waals surface area contributed by atoms with Crippen molar-refractivity contribution in [3.05, 3.63) is 108 Å². The van der Waals surface area contributed by atoms with Crippen molar-refractivity contribution in [2.45, 2.75) is 6.54 Å². The summed E-state index contributed by atoms with van der Waals surface area (Å²) in [4.78, 5) is 43.6. The van der Waals surface area contributed by atoms with E-state index in [1.807, 2.05) is 30.5 Å². The number of halogens is 1. The average molecular weight is 626 g/mol. The molecule has 0 aliphatic carbocycles. The zero-order chi connectivity index (χ0) is 32.8. The largest absolute Gasteiger partial charge is 0.495 e. The molecule has 0 bridgehead atoms. The topological polar surface area (TPSA) is 141 Å². The molecule has 46 heavy (non-hydrogen) atoms. The number of ether oxygens (including phenoxy) is 1. The standard InChI is InChI=1S/C33H32FN7O5/c1-39(16-17-40(2)33(44)45)31(43)24-10-14-27(28(18-24)46-3)36-32-37-29-15-11-25(20-41(29)38-32)22-6-8-23(9-7-22)30(42)35-19-21-4-12-26(34)13-5-21/h4-15,18,20H,16-17,19H2,1-3H3,(H,35,42)(H,36,38)(H,44,45). The summed E-state index contributed by atoms with van der Waals surface area (Å²) in [5.74, 6) is -0.115. The summed E-state index contributed by atoms with van der Waals surface area (Å²) in [5, 5.41) is 19.5. The van der Waals surface area contributed by atoms with Gasteiger partial charge in [0.2, 0.25) is 5.95 Å². The first kappa shape index (κ1) is 31.4. The highest BCUT2D eigenvalue weighted by molar-refractivity contribution is 5.95. The van der Waals surface area contributed by atoms with Gasteiger partial charge in [-0.15, -0.1) is 5.10 Å². The van der Waals surface area contributed by atoms with Crippen LogP contribution < -0.4 is 15.4 Å². The van der Waals surface area contributed by atoms with Gasteiger partial charge in [0.15, 0.2) is 5.65 Å². The first-order chi connectivity index (χ1) is 22.1. The highest BCUT2D eigenvalue weighted by atomic mass is 19.1. The number of fused-ring (bicyclic) bond motifs is 1. The Labute approximate surface area is 264 Å². The number of hydrogen-bond donors (Lipinski definition) is 3. The monoisotopic (exact) mass is 625 g/mol. The molecule has 0 saturated heterocycles. The van der Waals surface area contributed by atoms with Gasteiger partial charge in [-0.1, -0.05) is 24.3 Å². The van der Waals surface area contributed by atoms with Crippen molar-refractivity contribution < 1.29 is 28.6 Å². The minimum Gasteiger partial charge on any atom is -0.495 e. The Kier molecular flexibility index (Phi) is 9.41. The van der Waals surface area contributed by atoms with Crippen molar-refractivity contribution in [3.63, 3.8) is 0 Å².